The van der Waals surface area contributed by atoms with Crippen LogP contribution in [0.25, 0.3) is 0 Å². The van der Waals surface area contributed by atoms with Gasteiger partial charge in [0.2, 0.25) is 11.8 Å². The van der Waals surface area contributed by atoms with Crippen molar-refractivity contribution in [2.45, 2.75) is 25.3 Å². The molecule has 29 heavy (non-hydrogen) atoms. The second-order valence-corrected chi connectivity index (χ2v) is 7.49. The molecule has 0 saturated carbocycles. The van der Waals surface area contributed by atoms with Crippen LogP contribution in [0.5, 0.6) is 11.5 Å². The third-order valence-electron chi connectivity index (χ3n) is 4.55. The van der Waals surface area contributed by atoms with E-state index in [2.05, 4.69) is 5.32 Å². The van der Waals surface area contributed by atoms with E-state index in [9.17, 15) is 9.59 Å². The van der Waals surface area contributed by atoms with Gasteiger partial charge in [0.15, 0.2) is 0 Å². The van der Waals surface area contributed by atoms with Crippen molar-refractivity contribution in [3.05, 3.63) is 59.7 Å². The number of methoxy groups -OCH3 is 2. The number of carbonyl (C=O) groups excluding carboxylic acids is 2. The van der Waals surface area contributed by atoms with E-state index < -0.39 is 6.04 Å². The van der Waals surface area contributed by atoms with Gasteiger partial charge in [-0.15, -0.1) is 11.8 Å². The average molecular weight is 417 g/mol. The number of amides is 2. The number of likely N-dealkylation sites (N-methyl/N-ethyl adjacent to an activating group) is 1. The number of hydrogen-bond donors (Lipinski definition) is 1. The molecule has 1 N–H and O–H groups in total. The zero-order valence-electron chi connectivity index (χ0n) is 17.3. The minimum Gasteiger partial charge on any atom is -0.497 e. The van der Waals surface area contributed by atoms with Gasteiger partial charge in [0.25, 0.3) is 0 Å². The van der Waals surface area contributed by atoms with Crippen LogP contribution in [0, 0.1) is 0 Å². The number of thioether (sulfide) groups is 1. The molecule has 2 aromatic rings. The minimum atomic E-state index is -0.569. The molecule has 0 heterocycles. The number of hydrogen-bond acceptors (Lipinski definition) is 5. The van der Waals surface area contributed by atoms with Crippen molar-refractivity contribution >= 4 is 23.6 Å². The maximum atomic E-state index is 12.9. The van der Waals surface area contributed by atoms with E-state index in [0.717, 1.165) is 22.6 Å². The van der Waals surface area contributed by atoms with Crippen molar-refractivity contribution in [1.82, 2.24) is 10.2 Å². The Morgan fingerprint density at radius 2 is 1.72 bits per heavy atom. The molecule has 2 rings (SSSR count). The first-order chi connectivity index (χ1) is 14.0. The Balaban J connectivity index is 2.03. The lowest BCUT2D eigenvalue weighted by atomic mass is 10.1. The Morgan fingerprint density at radius 1 is 1.03 bits per heavy atom. The molecule has 2 aromatic carbocycles. The summed E-state index contributed by atoms with van der Waals surface area (Å²) in [6.45, 7) is 2.08. The predicted molar refractivity (Wildman–Crippen MR) is 116 cm³/mol. The highest BCUT2D eigenvalue weighted by Gasteiger charge is 2.25. The van der Waals surface area contributed by atoms with E-state index in [0.29, 0.717) is 12.3 Å². The first kappa shape index (κ1) is 22.6. The Hall–Kier alpha value is -2.67. The molecule has 0 spiro atoms. The van der Waals surface area contributed by atoms with Crippen molar-refractivity contribution in [3.8, 4) is 11.5 Å². The Kier molecular flexibility index (Phi) is 8.86. The molecule has 0 fully saturated rings. The van der Waals surface area contributed by atoms with Gasteiger partial charge < -0.3 is 19.7 Å². The van der Waals surface area contributed by atoms with Gasteiger partial charge in [-0.2, -0.15) is 0 Å². The summed E-state index contributed by atoms with van der Waals surface area (Å²) in [5.41, 5.74) is 2.02. The molecule has 0 aliphatic carbocycles. The fraction of sp³-hybridized carbons (Fsp3) is 0.364. The second kappa shape index (κ2) is 11.4. The number of carbonyl (C=O) groups is 2. The summed E-state index contributed by atoms with van der Waals surface area (Å²) in [5, 5.41) is 2.62. The molecule has 0 radical (unpaired) electrons. The maximum Gasteiger partial charge on any atom is 0.242 e. The summed E-state index contributed by atoms with van der Waals surface area (Å²) in [7, 11) is 4.81. The normalized spacial score (nSPS) is 11.4. The van der Waals surface area contributed by atoms with Crippen LogP contribution in [0.3, 0.4) is 0 Å². The third kappa shape index (κ3) is 6.71. The van der Waals surface area contributed by atoms with Crippen molar-refractivity contribution in [1.29, 1.82) is 0 Å². The van der Waals surface area contributed by atoms with Gasteiger partial charge in [-0.05, 0) is 42.3 Å². The van der Waals surface area contributed by atoms with Gasteiger partial charge in [-0.3, -0.25) is 9.59 Å². The molecule has 0 aliphatic rings. The number of ether oxygens (including phenoxy) is 2. The minimum absolute atomic E-state index is 0.0811. The van der Waals surface area contributed by atoms with Crippen LogP contribution in [-0.4, -0.2) is 49.8 Å². The van der Waals surface area contributed by atoms with Gasteiger partial charge in [-0.1, -0.05) is 24.3 Å². The van der Waals surface area contributed by atoms with Gasteiger partial charge in [0.1, 0.15) is 17.5 Å². The first-order valence-corrected chi connectivity index (χ1v) is 10.5. The average Bonchev–Trinajstić information content (AvgIpc) is 2.76. The Labute approximate surface area is 176 Å². The fourth-order valence-corrected chi connectivity index (χ4v) is 3.69. The molecule has 7 heteroatoms. The topological polar surface area (TPSA) is 67.9 Å². The standard InChI is InChI=1S/C22H28N2O4S/c1-16(22(26)23-2)24(13-18-6-5-7-20(12-18)28-4)21(25)15-29-14-17-8-10-19(27-3)11-9-17/h5-12,16H,13-15H2,1-4H3,(H,23,26). The number of benzene rings is 2. The zero-order chi connectivity index (χ0) is 21.2. The zero-order valence-corrected chi connectivity index (χ0v) is 18.1. The molecular formula is C22H28N2O4S. The monoisotopic (exact) mass is 416 g/mol. The van der Waals surface area contributed by atoms with E-state index in [1.165, 1.54) is 11.8 Å². The molecule has 6 nitrogen and oxygen atoms in total. The van der Waals surface area contributed by atoms with Crippen LogP contribution in [-0.2, 0) is 21.9 Å². The van der Waals surface area contributed by atoms with E-state index in [1.807, 2.05) is 48.5 Å². The summed E-state index contributed by atoms with van der Waals surface area (Å²) in [6.07, 6.45) is 0. The summed E-state index contributed by atoms with van der Waals surface area (Å²) in [5.74, 6) is 2.24. The van der Waals surface area contributed by atoms with Gasteiger partial charge >= 0.3 is 0 Å². The molecular weight excluding hydrogens is 388 g/mol. The second-order valence-electron chi connectivity index (χ2n) is 6.50. The lowest BCUT2D eigenvalue weighted by Crippen LogP contribution is -2.47. The van der Waals surface area contributed by atoms with Crippen LogP contribution in [0.1, 0.15) is 18.1 Å². The van der Waals surface area contributed by atoms with Crippen molar-refractivity contribution < 1.29 is 19.1 Å². The van der Waals surface area contributed by atoms with E-state index >= 15 is 0 Å². The molecule has 0 aliphatic heterocycles. The van der Waals surface area contributed by atoms with Crippen LogP contribution >= 0.6 is 11.8 Å². The molecule has 156 valence electrons. The Bertz CT molecular complexity index is 811. The van der Waals surface area contributed by atoms with Crippen LogP contribution in [0.4, 0.5) is 0 Å². The molecule has 1 atom stereocenters. The van der Waals surface area contributed by atoms with Gasteiger partial charge in [0, 0.05) is 19.3 Å². The summed E-state index contributed by atoms with van der Waals surface area (Å²) >= 11 is 1.52. The fourth-order valence-electron chi connectivity index (χ4n) is 2.82. The predicted octanol–water partition coefficient (Wildman–Crippen LogP) is 3.10. The van der Waals surface area contributed by atoms with Crippen molar-refractivity contribution in [2.75, 3.05) is 27.0 Å². The van der Waals surface area contributed by atoms with Gasteiger partial charge in [-0.25, -0.2) is 0 Å². The van der Waals surface area contributed by atoms with Crippen LogP contribution < -0.4 is 14.8 Å². The highest BCUT2D eigenvalue weighted by Crippen LogP contribution is 2.19. The highest BCUT2D eigenvalue weighted by atomic mass is 32.2. The third-order valence-corrected chi connectivity index (χ3v) is 5.54. The van der Waals surface area contributed by atoms with Gasteiger partial charge in [0.05, 0.1) is 20.0 Å². The number of nitrogens with zero attached hydrogens (tertiary/aromatic N) is 1. The van der Waals surface area contributed by atoms with Crippen LogP contribution in [0.2, 0.25) is 0 Å². The quantitative estimate of drug-likeness (QED) is 0.645. The number of rotatable bonds is 10. The molecule has 0 bridgehead atoms. The molecule has 1 unspecified atom stereocenters. The molecule has 2 amide bonds. The molecule has 0 aromatic heterocycles. The smallest absolute Gasteiger partial charge is 0.242 e. The summed E-state index contributed by atoms with van der Waals surface area (Å²) in [4.78, 5) is 26.7. The SMILES string of the molecule is CNC(=O)C(C)N(Cc1cccc(OC)c1)C(=O)CSCc1ccc(OC)cc1. The largest absolute Gasteiger partial charge is 0.497 e. The summed E-state index contributed by atoms with van der Waals surface area (Å²) in [6, 6.07) is 14.7. The Morgan fingerprint density at radius 3 is 2.34 bits per heavy atom. The van der Waals surface area contributed by atoms with Crippen molar-refractivity contribution in [3.63, 3.8) is 0 Å². The lowest BCUT2D eigenvalue weighted by Gasteiger charge is -2.28. The first-order valence-electron chi connectivity index (χ1n) is 9.33. The van der Waals surface area contributed by atoms with Crippen LogP contribution in [0.15, 0.2) is 48.5 Å². The lowest BCUT2D eigenvalue weighted by molar-refractivity contribution is -0.138. The maximum absolute atomic E-state index is 12.9. The van der Waals surface area contributed by atoms with E-state index in [-0.39, 0.29) is 17.6 Å². The number of nitrogens with one attached hydrogen (secondary N) is 1. The highest BCUT2D eigenvalue weighted by molar-refractivity contribution is 7.99. The molecule has 0 saturated heterocycles. The van der Waals surface area contributed by atoms with E-state index in [4.69, 9.17) is 9.47 Å². The van der Waals surface area contributed by atoms with E-state index in [1.54, 1.807) is 33.1 Å². The van der Waals surface area contributed by atoms with Crippen molar-refractivity contribution in [2.24, 2.45) is 0 Å². The summed E-state index contributed by atoms with van der Waals surface area (Å²) < 4.78 is 10.4.